The summed E-state index contributed by atoms with van der Waals surface area (Å²) in [5.41, 5.74) is -2.40. The molecule has 4 aliphatic carbocycles. The summed E-state index contributed by atoms with van der Waals surface area (Å²) in [5.74, 6) is -0.951. The van der Waals surface area contributed by atoms with Crippen molar-refractivity contribution in [3.63, 3.8) is 0 Å². The topological polar surface area (TPSA) is 205 Å². The Morgan fingerprint density at radius 2 is 1.66 bits per heavy atom. The number of fused-ring (bicyclic) bond motifs is 7. The Morgan fingerprint density at radius 3 is 2.36 bits per heavy atom. The molecule has 8 rings (SSSR count). The fourth-order valence-electron chi connectivity index (χ4n) is 12.6. The number of ether oxygens (including phenoxy) is 5. The first-order valence-corrected chi connectivity index (χ1v) is 19.7. The van der Waals surface area contributed by atoms with Crippen LogP contribution < -0.4 is 0 Å². The SMILES string of the molecule is C[C@H]1CO[C@]2(C[C@@H]1O)O[C@H]1C[C@H]3[C@@H]4C[C@@H](O)[C@@]5(O)C[C@@H](OC(=O)c6ccccc6)[C@H](O[C@@H]6O[C@H](CO)[C@@H](O)[C@H](O)[C@H]6O)C[C@]5(C)[C@H]4CC[C@]3(C)[C@H]1[C@@H]2C. The summed E-state index contributed by atoms with van der Waals surface area (Å²) in [7, 11) is 0. The highest BCUT2D eigenvalue weighted by Gasteiger charge is 2.73. The molecule has 4 saturated carbocycles. The molecule has 1 aromatic carbocycles. The van der Waals surface area contributed by atoms with Gasteiger partial charge in [-0.25, -0.2) is 4.79 Å². The third-order valence-electron chi connectivity index (χ3n) is 15.7. The van der Waals surface area contributed by atoms with Gasteiger partial charge in [0.15, 0.2) is 12.1 Å². The fourth-order valence-corrected chi connectivity index (χ4v) is 12.6. The highest BCUT2D eigenvalue weighted by molar-refractivity contribution is 5.89. The molecule has 0 bridgehead atoms. The van der Waals surface area contributed by atoms with Gasteiger partial charge in [-0.2, -0.15) is 0 Å². The van der Waals surface area contributed by atoms with Gasteiger partial charge in [0.05, 0.1) is 48.8 Å². The van der Waals surface area contributed by atoms with Crippen LogP contribution in [-0.2, 0) is 23.7 Å². The molecule has 296 valence electrons. The Hall–Kier alpha value is -1.75. The number of hydrogen-bond acceptors (Lipinski definition) is 13. The van der Waals surface area contributed by atoms with E-state index >= 15 is 0 Å². The second-order valence-corrected chi connectivity index (χ2v) is 18.2. The van der Waals surface area contributed by atoms with Crippen molar-refractivity contribution >= 4 is 5.97 Å². The summed E-state index contributed by atoms with van der Waals surface area (Å²) in [6.45, 7) is 8.34. The van der Waals surface area contributed by atoms with Crippen molar-refractivity contribution in [3.05, 3.63) is 35.9 Å². The van der Waals surface area contributed by atoms with Crippen LogP contribution in [-0.4, -0.2) is 128 Å². The number of benzene rings is 1. The van der Waals surface area contributed by atoms with Crippen molar-refractivity contribution in [2.75, 3.05) is 13.2 Å². The minimum absolute atomic E-state index is 0.0422. The molecule has 7 fully saturated rings. The minimum Gasteiger partial charge on any atom is -0.456 e. The second kappa shape index (κ2) is 13.4. The van der Waals surface area contributed by atoms with E-state index in [1.807, 2.05) is 13.8 Å². The Bertz CT molecular complexity index is 1510. The Kier molecular flexibility index (Phi) is 9.67. The van der Waals surface area contributed by atoms with E-state index in [-0.39, 0.29) is 59.9 Å². The third-order valence-corrected chi connectivity index (χ3v) is 15.7. The smallest absolute Gasteiger partial charge is 0.338 e. The number of carbonyl (C=O) groups is 1. The maximum absolute atomic E-state index is 13.4. The number of esters is 1. The first-order chi connectivity index (χ1) is 25.1. The van der Waals surface area contributed by atoms with Crippen molar-refractivity contribution in [3.8, 4) is 0 Å². The van der Waals surface area contributed by atoms with Gasteiger partial charge in [0.25, 0.3) is 0 Å². The molecule has 20 atom stereocenters. The molecule has 1 aromatic rings. The molecule has 0 radical (unpaired) electrons. The van der Waals surface area contributed by atoms with Crippen LogP contribution >= 0.6 is 0 Å². The molecule has 53 heavy (non-hydrogen) atoms. The zero-order valence-electron chi connectivity index (χ0n) is 31.1. The van der Waals surface area contributed by atoms with Crippen LogP contribution in [0.3, 0.4) is 0 Å². The molecule has 3 heterocycles. The zero-order valence-corrected chi connectivity index (χ0v) is 31.1. The quantitative estimate of drug-likeness (QED) is 0.169. The van der Waals surface area contributed by atoms with Gasteiger partial charge < -0.3 is 59.4 Å². The lowest BCUT2D eigenvalue weighted by molar-refractivity contribution is -0.339. The lowest BCUT2D eigenvalue weighted by Gasteiger charge is -2.66. The van der Waals surface area contributed by atoms with Crippen molar-refractivity contribution in [1.29, 1.82) is 0 Å². The molecule has 0 amide bonds. The zero-order chi connectivity index (χ0) is 37.8. The van der Waals surface area contributed by atoms with Gasteiger partial charge in [0.2, 0.25) is 0 Å². The molecule has 0 aromatic heterocycles. The molecule has 3 saturated heterocycles. The number of carbonyl (C=O) groups excluding carboxylic acids is 1. The van der Waals surface area contributed by atoms with Gasteiger partial charge in [-0.15, -0.1) is 0 Å². The maximum atomic E-state index is 13.4. The van der Waals surface area contributed by atoms with Crippen molar-refractivity contribution in [2.24, 2.45) is 46.3 Å². The van der Waals surface area contributed by atoms with Gasteiger partial charge in [-0.1, -0.05) is 45.9 Å². The monoisotopic (exact) mass is 746 g/mol. The van der Waals surface area contributed by atoms with Gasteiger partial charge in [-0.05, 0) is 73.3 Å². The maximum Gasteiger partial charge on any atom is 0.338 e. The van der Waals surface area contributed by atoms with Crippen LogP contribution in [0.25, 0.3) is 0 Å². The van der Waals surface area contributed by atoms with E-state index in [1.165, 1.54) is 0 Å². The standard InChI is InChI=1S/C40H58O13/c1-19-18-49-40(14-25(19)42)20(2)31-26(53-40)13-24-22-12-30(43)39(48)16-28(50-35(47)21-8-6-5-7-9-21)27(15-38(39,4)23(22)10-11-37(24,31)3)51-36-34(46)33(45)32(44)29(17-41)52-36/h5-9,19-20,22-34,36,41-46,48H,10-18H2,1-4H3/t19-,20-,22+,23-,24-,25-,26-,27+,28+,29+,30+,31-,32+,33-,34+,36+,37-,38+,39-,40+/m0/s1. The predicted molar refractivity (Wildman–Crippen MR) is 186 cm³/mol. The van der Waals surface area contributed by atoms with Crippen LogP contribution in [0.1, 0.15) is 83.0 Å². The van der Waals surface area contributed by atoms with E-state index in [1.54, 1.807) is 30.3 Å². The number of rotatable bonds is 5. The summed E-state index contributed by atoms with van der Waals surface area (Å²) < 4.78 is 31.4. The third kappa shape index (κ3) is 5.70. The second-order valence-electron chi connectivity index (χ2n) is 18.2. The molecule has 7 N–H and O–H groups in total. The van der Waals surface area contributed by atoms with Gasteiger partial charge >= 0.3 is 5.97 Å². The van der Waals surface area contributed by atoms with Crippen molar-refractivity contribution in [1.82, 2.24) is 0 Å². The fraction of sp³-hybridized carbons (Fsp3) is 0.825. The molecule has 3 aliphatic heterocycles. The molecular weight excluding hydrogens is 688 g/mol. The van der Waals surface area contributed by atoms with E-state index < -0.39 is 84.5 Å². The van der Waals surface area contributed by atoms with E-state index in [4.69, 9.17) is 23.7 Å². The summed E-state index contributed by atoms with van der Waals surface area (Å²) >= 11 is 0. The number of hydrogen-bond donors (Lipinski definition) is 7. The summed E-state index contributed by atoms with van der Waals surface area (Å²) in [5, 5.41) is 77.4. The lowest BCUT2D eigenvalue weighted by Crippen LogP contribution is -2.71. The van der Waals surface area contributed by atoms with E-state index in [0.717, 1.165) is 19.3 Å². The Labute approximate surface area is 310 Å². The molecule has 7 aliphatic rings. The molecule has 1 spiro atoms. The average Bonchev–Trinajstić information content (AvgIpc) is 3.57. The normalized spacial score (nSPS) is 54.8. The van der Waals surface area contributed by atoms with Crippen LogP contribution in [0.15, 0.2) is 30.3 Å². The lowest BCUT2D eigenvalue weighted by atomic mass is 9.42. The summed E-state index contributed by atoms with van der Waals surface area (Å²) in [6.07, 6.45) is -8.04. The molecule has 0 unspecified atom stereocenters. The van der Waals surface area contributed by atoms with Gasteiger partial charge in [0, 0.05) is 30.1 Å². The number of aliphatic hydroxyl groups is 7. The first-order valence-electron chi connectivity index (χ1n) is 19.7. The van der Waals surface area contributed by atoms with E-state index in [0.29, 0.717) is 25.0 Å². The van der Waals surface area contributed by atoms with Gasteiger partial charge in [-0.3, -0.25) is 0 Å². The van der Waals surface area contributed by atoms with Crippen LogP contribution in [0.2, 0.25) is 0 Å². The van der Waals surface area contributed by atoms with E-state index in [2.05, 4.69) is 13.8 Å². The number of aliphatic hydroxyl groups excluding tert-OH is 6. The summed E-state index contributed by atoms with van der Waals surface area (Å²) in [6, 6.07) is 8.42. The Balaban J connectivity index is 1.08. The van der Waals surface area contributed by atoms with Crippen LogP contribution in [0.4, 0.5) is 0 Å². The highest BCUT2D eigenvalue weighted by atomic mass is 16.7. The average molecular weight is 747 g/mol. The van der Waals surface area contributed by atoms with E-state index in [9.17, 15) is 40.5 Å². The first kappa shape index (κ1) is 38.1. The molecule has 13 heteroatoms. The largest absolute Gasteiger partial charge is 0.456 e. The minimum atomic E-state index is -1.67. The van der Waals surface area contributed by atoms with Gasteiger partial charge in [0.1, 0.15) is 30.5 Å². The van der Waals surface area contributed by atoms with Crippen molar-refractivity contribution in [2.45, 2.75) is 145 Å². The molecule has 13 nitrogen and oxygen atoms in total. The Morgan fingerprint density at radius 1 is 0.925 bits per heavy atom. The van der Waals surface area contributed by atoms with Crippen molar-refractivity contribution < 1.29 is 64.2 Å². The molecular formula is C40H58O13. The van der Waals surface area contributed by atoms with Crippen LogP contribution in [0, 0.1) is 46.3 Å². The predicted octanol–water partition coefficient (Wildman–Crippen LogP) is 1.51. The highest BCUT2D eigenvalue weighted by Crippen LogP contribution is 2.72. The summed E-state index contributed by atoms with van der Waals surface area (Å²) in [4.78, 5) is 13.4. The van der Waals surface area contributed by atoms with Crippen LogP contribution in [0.5, 0.6) is 0 Å².